The van der Waals surface area contributed by atoms with Crippen molar-refractivity contribution in [3.8, 4) is 17.2 Å². The predicted molar refractivity (Wildman–Crippen MR) is 100 cm³/mol. The van der Waals surface area contributed by atoms with Gasteiger partial charge >= 0.3 is 0 Å². The van der Waals surface area contributed by atoms with Gasteiger partial charge in [0.15, 0.2) is 11.5 Å². The Balaban J connectivity index is 2.34. The van der Waals surface area contributed by atoms with Gasteiger partial charge in [-0.2, -0.15) is 0 Å². The highest BCUT2D eigenvalue weighted by Gasteiger charge is 2.25. The molecular weight excluding hydrogens is 354 g/mol. The average molecular weight is 379 g/mol. The van der Waals surface area contributed by atoms with Crippen LogP contribution < -0.4 is 18.9 Å². The van der Waals surface area contributed by atoms with Gasteiger partial charge in [-0.25, -0.2) is 13.1 Å². The average Bonchev–Trinajstić information content (AvgIpc) is 2.65. The molecule has 0 fully saturated rings. The first-order valence-electron chi connectivity index (χ1n) is 8.20. The van der Waals surface area contributed by atoms with Crippen molar-refractivity contribution in [1.29, 1.82) is 0 Å². The van der Waals surface area contributed by atoms with Gasteiger partial charge in [0.2, 0.25) is 10.0 Å². The van der Waals surface area contributed by atoms with Crippen molar-refractivity contribution >= 4 is 10.0 Å². The van der Waals surface area contributed by atoms with Gasteiger partial charge < -0.3 is 14.2 Å². The minimum atomic E-state index is -3.74. The van der Waals surface area contributed by atoms with Crippen LogP contribution in [0.5, 0.6) is 17.2 Å². The van der Waals surface area contributed by atoms with Crippen LogP contribution in [0.25, 0.3) is 0 Å². The van der Waals surface area contributed by atoms with Gasteiger partial charge in [0.25, 0.3) is 0 Å². The van der Waals surface area contributed by atoms with Crippen LogP contribution in [0.2, 0.25) is 0 Å². The molecule has 6 nitrogen and oxygen atoms in total. The zero-order valence-corrected chi connectivity index (χ0v) is 16.5. The maximum atomic E-state index is 12.9. The van der Waals surface area contributed by atoms with E-state index in [1.807, 2.05) is 38.1 Å². The third-order valence-corrected chi connectivity index (χ3v) is 5.53. The van der Waals surface area contributed by atoms with Gasteiger partial charge in [-0.05, 0) is 35.7 Å². The quantitative estimate of drug-likeness (QED) is 0.761. The molecule has 2 aromatic carbocycles. The van der Waals surface area contributed by atoms with E-state index in [4.69, 9.17) is 14.2 Å². The van der Waals surface area contributed by atoms with E-state index >= 15 is 0 Å². The molecular formula is C19H25NO5S. The molecule has 0 aliphatic carbocycles. The Morgan fingerprint density at radius 1 is 0.846 bits per heavy atom. The number of sulfonamides is 1. The van der Waals surface area contributed by atoms with E-state index in [0.29, 0.717) is 11.5 Å². The Labute approximate surface area is 155 Å². The fourth-order valence-electron chi connectivity index (χ4n) is 2.62. The summed E-state index contributed by atoms with van der Waals surface area (Å²) >= 11 is 0. The van der Waals surface area contributed by atoms with Gasteiger partial charge in [0.05, 0.1) is 26.2 Å². The lowest BCUT2D eigenvalue weighted by atomic mass is 9.97. The van der Waals surface area contributed by atoms with E-state index < -0.39 is 10.0 Å². The zero-order chi connectivity index (χ0) is 19.3. The third kappa shape index (κ3) is 4.47. The lowest BCUT2D eigenvalue weighted by Crippen LogP contribution is -2.31. The topological polar surface area (TPSA) is 73.9 Å². The number of benzene rings is 2. The summed E-state index contributed by atoms with van der Waals surface area (Å²) in [6, 6.07) is 11.5. The van der Waals surface area contributed by atoms with Crippen molar-refractivity contribution in [3.05, 3.63) is 48.0 Å². The number of hydrogen-bond acceptors (Lipinski definition) is 5. The van der Waals surface area contributed by atoms with E-state index in [0.717, 1.165) is 11.3 Å². The first-order valence-corrected chi connectivity index (χ1v) is 9.69. The molecule has 0 spiro atoms. The maximum absolute atomic E-state index is 12.9. The van der Waals surface area contributed by atoms with Crippen molar-refractivity contribution in [2.24, 2.45) is 5.92 Å². The summed E-state index contributed by atoms with van der Waals surface area (Å²) in [5.41, 5.74) is 0.866. The third-order valence-electron chi connectivity index (χ3n) is 4.09. The monoisotopic (exact) mass is 379 g/mol. The normalized spacial score (nSPS) is 12.7. The van der Waals surface area contributed by atoms with Crippen LogP contribution >= 0.6 is 0 Å². The van der Waals surface area contributed by atoms with Crippen molar-refractivity contribution in [2.45, 2.75) is 24.8 Å². The van der Waals surface area contributed by atoms with Crippen LogP contribution in [-0.2, 0) is 10.0 Å². The van der Waals surface area contributed by atoms with Crippen molar-refractivity contribution in [2.75, 3.05) is 21.3 Å². The molecule has 26 heavy (non-hydrogen) atoms. The van der Waals surface area contributed by atoms with E-state index in [1.165, 1.54) is 26.4 Å². The Morgan fingerprint density at radius 2 is 1.46 bits per heavy atom. The van der Waals surface area contributed by atoms with E-state index in [9.17, 15) is 8.42 Å². The van der Waals surface area contributed by atoms with Gasteiger partial charge in [-0.15, -0.1) is 0 Å². The SMILES string of the molecule is COc1ccc(C(NS(=O)(=O)c2ccc(OC)c(OC)c2)C(C)C)cc1. The van der Waals surface area contributed by atoms with Gasteiger partial charge in [0, 0.05) is 12.1 Å². The molecule has 1 unspecified atom stereocenters. The molecule has 7 heteroatoms. The van der Waals surface area contributed by atoms with Crippen LogP contribution in [0.15, 0.2) is 47.4 Å². The molecule has 1 atom stereocenters. The molecule has 0 bridgehead atoms. The number of methoxy groups -OCH3 is 3. The Bertz CT molecular complexity index is 832. The molecule has 0 aliphatic rings. The van der Waals surface area contributed by atoms with E-state index in [1.54, 1.807) is 13.2 Å². The molecule has 2 aromatic rings. The fraction of sp³-hybridized carbons (Fsp3) is 0.368. The van der Waals surface area contributed by atoms with Crippen LogP contribution in [-0.4, -0.2) is 29.7 Å². The lowest BCUT2D eigenvalue weighted by molar-refractivity contribution is 0.353. The maximum Gasteiger partial charge on any atom is 0.241 e. The predicted octanol–water partition coefficient (Wildman–Crippen LogP) is 3.39. The number of hydrogen-bond donors (Lipinski definition) is 1. The first kappa shape index (κ1) is 20.1. The smallest absolute Gasteiger partial charge is 0.241 e. The number of nitrogens with one attached hydrogen (secondary N) is 1. The largest absolute Gasteiger partial charge is 0.497 e. The molecule has 0 radical (unpaired) electrons. The summed E-state index contributed by atoms with van der Waals surface area (Å²) in [5.74, 6) is 1.61. The molecule has 2 rings (SSSR count). The Morgan fingerprint density at radius 3 is 1.96 bits per heavy atom. The number of rotatable bonds is 8. The summed E-state index contributed by atoms with van der Waals surface area (Å²) < 4.78 is 44.1. The zero-order valence-electron chi connectivity index (χ0n) is 15.6. The van der Waals surface area contributed by atoms with Crippen LogP contribution in [0.1, 0.15) is 25.5 Å². The minimum absolute atomic E-state index is 0.0540. The van der Waals surface area contributed by atoms with Crippen LogP contribution in [0.4, 0.5) is 0 Å². The van der Waals surface area contributed by atoms with Crippen molar-refractivity contribution in [1.82, 2.24) is 4.72 Å². The van der Waals surface area contributed by atoms with E-state index in [-0.39, 0.29) is 16.9 Å². The molecule has 1 N–H and O–H groups in total. The minimum Gasteiger partial charge on any atom is -0.497 e. The van der Waals surface area contributed by atoms with Crippen LogP contribution in [0.3, 0.4) is 0 Å². The van der Waals surface area contributed by atoms with Crippen molar-refractivity contribution in [3.63, 3.8) is 0 Å². The summed E-state index contributed by atoms with van der Waals surface area (Å²) in [6.45, 7) is 3.93. The second-order valence-corrected chi connectivity index (χ2v) is 7.85. The van der Waals surface area contributed by atoms with Crippen molar-refractivity contribution < 1.29 is 22.6 Å². The summed E-state index contributed by atoms with van der Waals surface area (Å²) in [4.78, 5) is 0.120. The van der Waals surface area contributed by atoms with Gasteiger partial charge in [0.1, 0.15) is 5.75 Å². The highest BCUT2D eigenvalue weighted by Crippen LogP contribution is 2.31. The standard InChI is InChI=1S/C19H25NO5S/c1-13(2)19(14-6-8-15(23-3)9-7-14)20-26(21,22)16-10-11-17(24-4)18(12-16)25-5/h6-13,19-20H,1-5H3. The lowest BCUT2D eigenvalue weighted by Gasteiger charge is -2.23. The molecule has 142 valence electrons. The first-order chi connectivity index (χ1) is 12.3. The van der Waals surface area contributed by atoms with Gasteiger partial charge in [-0.1, -0.05) is 26.0 Å². The number of ether oxygens (including phenoxy) is 3. The summed E-state index contributed by atoms with van der Waals surface area (Å²) in [5, 5.41) is 0. The highest BCUT2D eigenvalue weighted by atomic mass is 32.2. The molecule has 0 saturated carbocycles. The summed E-state index contributed by atoms with van der Waals surface area (Å²) in [7, 11) is 0.820. The molecule has 0 aromatic heterocycles. The Hall–Kier alpha value is -2.25. The summed E-state index contributed by atoms with van der Waals surface area (Å²) in [6.07, 6.45) is 0. The van der Waals surface area contributed by atoms with Crippen LogP contribution in [0, 0.1) is 5.92 Å². The van der Waals surface area contributed by atoms with Gasteiger partial charge in [-0.3, -0.25) is 0 Å². The Kier molecular flexibility index (Phi) is 6.50. The molecule has 0 heterocycles. The molecule has 0 aliphatic heterocycles. The second-order valence-electron chi connectivity index (χ2n) is 6.13. The molecule has 0 amide bonds. The highest BCUT2D eigenvalue weighted by molar-refractivity contribution is 7.89. The molecule has 0 saturated heterocycles. The fourth-order valence-corrected chi connectivity index (χ4v) is 4.01. The van der Waals surface area contributed by atoms with E-state index in [2.05, 4.69) is 4.72 Å². The second kappa shape index (κ2) is 8.42.